The Morgan fingerprint density at radius 1 is 0.871 bits per heavy atom. The topological polar surface area (TPSA) is 50.6 Å². The van der Waals surface area contributed by atoms with Gasteiger partial charge >= 0.3 is 6.18 Å². The number of carbonyl (C=O) groups is 2. The molecule has 0 saturated carbocycles. The Hall–Kier alpha value is -3.94. The zero-order valence-corrected chi connectivity index (χ0v) is 15.8. The van der Waals surface area contributed by atoms with E-state index in [1.807, 2.05) is 0 Å². The number of halogens is 4. The Labute approximate surface area is 173 Å². The minimum Gasteiger partial charge on any atom is -0.319 e. The number of amides is 1. The highest BCUT2D eigenvalue weighted by Gasteiger charge is 2.31. The second-order valence-electron chi connectivity index (χ2n) is 6.77. The number of alkyl halides is 3. The van der Waals surface area contributed by atoms with E-state index in [1.54, 1.807) is 30.5 Å². The molecule has 4 nitrogen and oxygen atoms in total. The lowest BCUT2D eigenvalue weighted by molar-refractivity contribution is -0.137. The van der Waals surface area contributed by atoms with Crippen molar-refractivity contribution in [3.05, 3.63) is 96.1 Å². The van der Waals surface area contributed by atoms with Crippen LogP contribution in [0.25, 0.3) is 16.6 Å². The van der Waals surface area contributed by atoms with Crippen molar-refractivity contribution in [2.24, 2.45) is 0 Å². The predicted molar refractivity (Wildman–Crippen MR) is 107 cm³/mol. The number of hydrogen-bond donors (Lipinski definition) is 1. The maximum atomic E-state index is 13.3. The molecular formula is C23H14F4N2O2. The zero-order valence-electron chi connectivity index (χ0n) is 15.8. The van der Waals surface area contributed by atoms with E-state index in [1.165, 1.54) is 34.7 Å². The molecule has 0 aliphatic heterocycles. The van der Waals surface area contributed by atoms with Gasteiger partial charge in [-0.15, -0.1) is 0 Å². The number of nitrogens with zero attached hydrogens (tertiary/aromatic N) is 1. The summed E-state index contributed by atoms with van der Waals surface area (Å²) in [7, 11) is 0. The van der Waals surface area contributed by atoms with Crippen molar-refractivity contribution in [2.75, 3.05) is 5.32 Å². The smallest absolute Gasteiger partial charge is 0.319 e. The molecule has 31 heavy (non-hydrogen) atoms. The van der Waals surface area contributed by atoms with Crippen molar-refractivity contribution in [1.29, 1.82) is 0 Å². The normalized spacial score (nSPS) is 11.5. The number of Topliss-reactive ketones (excluding diaryl/α,β-unsaturated/α-hetero) is 1. The molecule has 1 N–H and O–H groups in total. The molecule has 156 valence electrons. The molecule has 0 saturated heterocycles. The minimum atomic E-state index is -4.59. The first-order valence-corrected chi connectivity index (χ1v) is 9.13. The summed E-state index contributed by atoms with van der Waals surface area (Å²) in [6.45, 7) is 0. The average Bonchev–Trinajstić information content (AvgIpc) is 3.12. The van der Waals surface area contributed by atoms with Crippen LogP contribution in [0.4, 0.5) is 23.2 Å². The summed E-state index contributed by atoms with van der Waals surface area (Å²) in [5.74, 6) is -2.49. The third-order valence-electron chi connectivity index (χ3n) is 4.70. The lowest BCUT2D eigenvalue weighted by Gasteiger charge is -2.10. The van der Waals surface area contributed by atoms with E-state index in [4.69, 9.17) is 0 Å². The number of ketones is 1. The van der Waals surface area contributed by atoms with Crippen molar-refractivity contribution < 1.29 is 27.2 Å². The van der Waals surface area contributed by atoms with Crippen LogP contribution < -0.4 is 5.32 Å². The number of hydrogen-bond acceptors (Lipinski definition) is 2. The number of benzene rings is 2. The fourth-order valence-electron chi connectivity index (χ4n) is 3.27. The molecule has 0 unspecified atom stereocenters. The maximum absolute atomic E-state index is 13.3. The van der Waals surface area contributed by atoms with Crippen LogP contribution in [0, 0.1) is 5.82 Å². The van der Waals surface area contributed by atoms with Gasteiger partial charge in [-0.3, -0.25) is 9.59 Å². The number of anilines is 1. The van der Waals surface area contributed by atoms with E-state index < -0.39 is 29.2 Å². The van der Waals surface area contributed by atoms with Crippen LogP contribution in [-0.2, 0) is 11.0 Å². The molecule has 0 aliphatic carbocycles. The van der Waals surface area contributed by atoms with E-state index in [0.717, 1.165) is 18.2 Å². The van der Waals surface area contributed by atoms with Crippen LogP contribution in [0.2, 0.25) is 0 Å². The lowest BCUT2D eigenvalue weighted by Crippen LogP contribution is -2.24. The Morgan fingerprint density at radius 2 is 1.61 bits per heavy atom. The zero-order chi connectivity index (χ0) is 22.2. The highest BCUT2D eigenvalue weighted by molar-refractivity contribution is 6.47. The summed E-state index contributed by atoms with van der Waals surface area (Å²) in [6, 6.07) is 16.3. The third-order valence-corrected chi connectivity index (χ3v) is 4.70. The number of fused-ring (bicyclic) bond motifs is 1. The van der Waals surface area contributed by atoms with Gasteiger partial charge in [-0.25, -0.2) is 4.39 Å². The summed E-state index contributed by atoms with van der Waals surface area (Å²) >= 11 is 0. The summed E-state index contributed by atoms with van der Waals surface area (Å²) in [6.07, 6.45) is -2.99. The number of carbonyl (C=O) groups excluding carboxylic acids is 2. The van der Waals surface area contributed by atoms with Gasteiger partial charge < -0.3 is 9.72 Å². The van der Waals surface area contributed by atoms with Gasteiger partial charge in [0.05, 0.1) is 5.56 Å². The molecule has 0 aliphatic rings. The molecule has 2 aromatic carbocycles. The standard InChI is InChI=1S/C23H14F4N2O2/c24-16-9-7-14(8-10-16)19-13-18-6-1-2-11-29(18)20(19)21(30)22(31)28-17-5-3-4-15(12-17)23(25,26)27/h1-13H,(H,28,31). The number of aromatic nitrogens is 1. The molecular weight excluding hydrogens is 412 g/mol. The minimum absolute atomic E-state index is 0.0201. The van der Waals surface area contributed by atoms with Crippen LogP contribution in [0.5, 0.6) is 0 Å². The van der Waals surface area contributed by atoms with Gasteiger partial charge in [0.2, 0.25) is 0 Å². The Morgan fingerprint density at radius 3 is 2.32 bits per heavy atom. The molecule has 2 heterocycles. The second kappa shape index (κ2) is 7.71. The largest absolute Gasteiger partial charge is 0.416 e. The summed E-state index contributed by atoms with van der Waals surface area (Å²) in [4.78, 5) is 25.7. The maximum Gasteiger partial charge on any atom is 0.416 e. The highest BCUT2D eigenvalue weighted by Crippen LogP contribution is 2.31. The van der Waals surface area contributed by atoms with Crippen molar-refractivity contribution in [1.82, 2.24) is 4.40 Å². The Balaban J connectivity index is 1.73. The van der Waals surface area contributed by atoms with Gasteiger partial charge in [0.15, 0.2) is 0 Å². The molecule has 1 amide bonds. The molecule has 0 spiro atoms. The van der Waals surface area contributed by atoms with Gasteiger partial charge in [0.1, 0.15) is 11.5 Å². The van der Waals surface area contributed by atoms with Crippen LogP contribution in [0.15, 0.2) is 79.0 Å². The van der Waals surface area contributed by atoms with Gasteiger partial charge in [-0.1, -0.05) is 24.3 Å². The molecule has 8 heteroatoms. The number of pyridine rings is 1. The molecule has 4 aromatic rings. The SMILES string of the molecule is O=C(Nc1cccc(C(F)(F)F)c1)C(=O)c1c(-c2ccc(F)cc2)cc2ccccn12. The third kappa shape index (κ3) is 4.05. The van der Waals surface area contributed by atoms with E-state index in [-0.39, 0.29) is 11.4 Å². The van der Waals surface area contributed by atoms with Crippen LogP contribution in [-0.4, -0.2) is 16.1 Å². The van der Waals surface area contributed by atoms with Gasteiger partial charge in [-0.05, 0) is 54.1 Å². The highest BCUT2D eigenvalue weighted by atomic mass is 19.4. The molecule has 0 bridgehead atoms. The van der Waals surface area contributed by atoms with E-state index in [9.17, 15) is 27.2 Å². The van der Waals surface area contributed by atoms with Crippen LogP contribution in [0.3, 0.4) is 0 Å². The van der Waals surface area contributed by atoms with E-state index in [2.05, 4.69) is 5.32 Å². The number of nitrogens with one attached hydrogen (secondary N) is 1. The fourth-order valence-corrected chi connectivity index (χ4v) is 3.27. The Kier molecular flexibility index (Phi) is 5.06. The van der Waals surface area contributed by atoms with Crippen LogP contribution >= 0.6 is 0 Å². The van der Waals surface area contributed by atoms with E-state index >= 15 is 0 Å². The van der Waals surface area contributed by atoms with Crippen molar-refractivity contribution in [2.45, 2.75) is 6.18 Å². The first kappa shape index (κ1) is 20.3. The second-order valence-corrected chi connectivity index (χ2v) is 6.77. The average molecular weight is 426 g/mol. The monoisotopic (exact) mass is 426 g/mol. The Bertz CT molecular complexity index is 1290. The fraction of sp³-hybridized carbons (Fsp3) is 0.0435. The van der Waals surface area contributed by atoms with Gasteiger partial charge in [0.25, 0.3) is 11.7 Å². The summed E-state index contributed by atoms with van der Waals surface area (Å²) < 4.78 is 53.6. The van der Waals surface area contributed by atoms with Crippen molar-refractivity contribution in [3.8, 4) is 11.1 Å². The quantitative estimate of drug-likeness (QED) is 0.263. The summed E-state index contributed by atoms with van der Waals surface area (Å²) in [5.41, 5.74) is 0.453. The first-order valence-electron chi connectivity index (χ1n) is 9.13. The molecule has 0 radical (unpaired) electrons. The molecule has 2 aromatic heterocycles. The van der Waals surface area contributed by atoms with Crippen LogP contribution in [0.1, 0.15) is 16.1 Å². The van der Waals surface area contributed by atoms with E-state index in [0.29, 0.717) is 16.6 Å². The molecule has 4 rings (SSSR count). The predicted octanol–water partition coefficient (Wildman–Crippen LogP) is 5.59. The van der Waals surface area contributed by atoms with Crippen molar-refractivity contribution >= 4 is 22.9 Å². The number of rotatable bonds is 4. The van der Waals surface area contributed by atoms with Crippen molar-refractivity contribution in [3.63, 3.8) is 0 Å². The first-order chi connectivity index (χ1) is 14.7. The van der Waals surface area contributed by atoms with Gasteiger partial charge in [0, 0.05) is 23.0 Å². The lowest BCUT2D eigenvalue weighted by atomic mass is 10.0. The molecule has 0 fully saturated rings. The summed E-state index contributed by atoms with van der Waals surface area (Å²) in [5, 5.41) is 2.23. The van der Waals surface area contributed by atoms with Gasteiger partial charge in [-0.2, -0.15) is 13.2 Å². The molecule has 0 atom stereocenters.